The van der Waals surface area contributed by atoms with Crippen LogP contribution in [0.1, 0.15) is 73.6 Å². The van der Waals surface area contributed by atoms with Gasteiger partial charge in [-0.3, -0.25) is 9.67 Å². The quantitative estimate of drug-likeness (QED) is 0.184. The van der Waals surface area contributed by atoms with Gasteiger partial charge in [0, 0.05) is 42.3 Å². The van der Waals surface area contributed by atoms with Crippen molar-refractivity contribution in [1.82, 2.24) is 19.7 Å². The molecular formula is C31H39N7. The number of rotatable bonds is 13. The normalized spacial score (nSPS) is 14.1. The Bertz CT molecular complexity index is 1400. The molecule has 1 aromatic carbocycles. The minimum absolute atomic E-state index is 0.620. The van der Waals surface area contributed by atoms with E-state index in [0.29, 0.717) is 29.8 Å². The molecule has 0 amide bonds. The van der Waals surface area contributed by atoms with Crippen molar-refractivity contribution in [3.63, 3.8) is 0 Å². The van der Waals surface area contributed by atoms with Crippen molar-refractivity contribution in [3.8, 4) is 0 Å². The molecule has 1 aliphatic carbocycles. The van der Waals surface area contributed by atoms with E-state index in [2.05, 4.69) is 51.8 Å². The Hall–Kier alpha value is -3.58. The third kappa shape index (κ3) is 6.10. The summed E-state index contributed by atoms with van der Waals surface area (Å²) in [6.45, 7) is 3.10. The second-order valence-corrected chi connectivity index (χ2v) is 10.8. The molecule has 3 heterocycles. The van der Waals surface area contributed by atoms with Gasteiger partial charge in [-0.05, 0) is 111 Å². The summed E-state index contributed by atoms with van der Waals surface area (Å²) in [7, 11) is 1.94. The van der Waals surface area contributed by atoms with Gasteiger partial charge < -0.3 is 16.5 Å². The van der Waals surface area contributed by atoms with Gasteiger partial charge in [-0.15, -0.1) is 0 Å². The molecule has 1 fully saturated rings. The molecule has 0 aliphatic heterocycles. The molecule has 0 bridgehead atoms. The second kappa shape index (κ2) is 11.9. The first-order chi connectivity index (χ1) is 18.5. The van der Waals surface area contributed by atoms with Crippen LogP contribution in [0.5, 0.6) is 0 Å². The number of aromatic nitrogens is 4. The number of fused-ring (bicyclic) bond motifs is 1. The fourth-order valence-electron chi connectivity index (χ4n) is 5.39. The van der Waals surface area contributed by atoms with Crippen molar-refractivity contribution < 1.29 is 0 Å². The predicted molar refractivity (Wildman–Crippen MR) is 155 cm³/mol. The van der Waals surface area contributed by atoms with E-state index in [1.165, 1.54) is 36.0 Å². The van der Waals surface area contributed by atoms with Gasteiger partial charge in [-0.2, -0.15) is 5.10 Å². The summed E-state index contributed by atoms with van der Waals surface area (Å²) in [6.07, 6.45) is 14.4. The van der Waals surface area contributed by atoms with E-state index >= 15 is 0 Å². The van der Waals surface area contributed by atoms with E-state index in [-0.39, 0.29) is 0 Å². The molecule has 0 radical (unpaired) electrons. The zero-order valence-electron chi connectivity index (χ0n) is 22.6. The standard InChI is InChI=1S/C31H39N7/c1-21(7-6-15-32)17-26-24(19-34-20-27(26)22-12-13-22)8-5-10-28(33)23-14-16-35-30(18-23)36-31-25-9-3-4-11-29(25)38(2)37-31/h3-4,9,11,14,16,18-22,33H,5-8,10,12-13,15,17,32H2,1-2H3,(H,35,36,37). The number of anilines is 2. The Balaban J connectivity index is 1.23. The van der Waals surface area contributed by atoms with Crippen molar-refractivity contribution >= 4 is 28.3 Å². The Morgan fingerprint density at radius 3 is 2.84 bits per heavy atom. The highest BCUT2D eigenvalue weighted by Crippen LogP contribution is 2.43. The van der Waals surface area contributed by atoms with Gasteiger partial charge in [0.05, 0.1) is 5.52 Å². The van der Waals surface area contributed by atoms with Crippen molar-refractivity contribution in [2.45, 2.75) is 64.2 Å². The van der Waals surface area contributed by atoms with Crippen LogP contribution < -0.4 is 11.1 Å². The number of pyridine rings is 2. The molecule has 1 atom stereocenters. The van der Waals surface area contributed by atoms with Crippen LogP contribution in [-0.4, -0.2) is 32.0 Å². The van der Waals surface area contributed by atoms with Crippen LogP contribution >= 0.6 is 0 Å². The predicted octanol–water partition coefficient (Wildman–Crippen LogP) is 6.29. The van der Waals surface area contributed by atoms with Gasteiger partial charge in [0.2, 0.25) is 0 Å². The van der Waals surface area contributed by atoms with E-state index in [1.807, 2.05) is 36.0 Å². The van der Waals surface area contributed by atoms with Gasteiger partial charge in [-0.1, -0.05) is 19.1 Å². The summed E-state index contributed by atoms with van der Waals surface area (Å²) < 4.78 is 1.86. The molecule has 198 valence electrons. The molecule has 0 spiro atoms. The maximum absolute atomic E-state index is 8.77. The Morgan fingerprint density at radius 2 is 2.03 bits per heavy atom. The topological polar surface area (TPSA) is 106 Å². The number of nitrogens with one attached hydrogen (secondary N) is 2. The molecule has 5 rings (SSSR count). The lowest BCUT2D eigenvalue weighted by Crippen LogP contribution is -2.10. The average molecular weight is 510 g/mol. The molecule has 4 N–H and O–H groups in total. The second-order valence-electron chi connectivity index (χ2n) is 10.8. The fourth-order valence-corrected chi connectivity index (χ4v) is 5.39. The summed E-state index contributed by atoms with van der Waals surface area (Å²) in [6, 6.07) is 12.0. The van der Waals surface area contributed by atoms with E-state index in [9.17, 15) is 0 Å². The summed E-state index contributed by atoms with van der Waals surface area (Å²) in [5, 5.41) is 17.8. The molecule has 3 aromatic heterocycles. The van der Waals surface area contributed by atoms with Gasteiger partial charge in [0.25, 0.3) is 0 Å². The molecule has 7 nitrogen and oxygen atoms in total. The van der Waals surface area contributed by atoms with Gasteiger partial charge >= 0.3 is 0 Å². The zero-order valence-corrected chi connectivity index (χ0v) is 22.6. The van der Waals surface area contributed by atoms with Gasteiger partial charge in [-0.25, -0.2) is 4.98 Å². The van der Waals surface area contributed by atoms with Crippen LogP contribution in [0, 0.1) is 11.3 Å². The molecular weight excluding hydrogens is 470 g/mol. The highest BCUT2D eigenvalue weighted by Gasteiger charge is 2.28. The molecule has 1 unspecified atom stereocenters. The Kier molecular flexibility index (Phi) is 8.13. The Labute approximate surface area is 225 Å². The first-order valence-electron chi connectivity index (χ1n) is 13.9. The Morgan fingerprint density at radius 1 is 1.18 bits per heavy atom. The van der Waals surface area contributed by atoms with Crippen LogP contribution in [0.15, 0.2) is 55.0 Å². The lowest BCUT2D eigenvalue weighted by molar-refractivity contribution is 0.508. The maximum atomic E-state index is 8.77. The van der Waals surface area contributed by atoms with Crippen molar-refractivity contribution in [2.24, 2.45) is 18.7 Å². The number of nitrogens with zero attached hydrogens (tertiary/aromatic N) is 4. The molecule has 0 saturated heterocycles. The summed E-state index contributed by atoms with van der Waals surface area (Å²) >= 11 is 0. The molecule has 38 heavy (non-hydrogen) atoms. The number of hydrogen-bond acceptors (Lipinski definition) is 6. The summed E-state index contributed by atoms with van der Waals surface area (Å²) in [5.74, 6) is 2.78. The third-order valence-corrected chi connectivity index (χ3v) is 7.64. The number of para-hydroxylation sites is 1. The first kappa shape index (κ1) is 26.0. The van der Waals surface area contributed by atoms with Crippen molar-refractivity contribution in [2.75, 3.05) is 11.9 Å². The lowest BCUT2D eigenvalue weighted by atomic mass is 9.88. The largest absolute Gasteiger partial charge is 0.330 e. The highest BCUT2D eigenvalue weighted by molar-refractivity contribution is 5.99. The zero-order chi connectivity index (χ0) is 26.5. The van der Waals surface area contributed by atoms with Gasteiger partial charge in [0.15, 0.2) is 5.82 Å². The number of hydrogen-bond donors (Lipinski definition) is 3. The molecule has 1 aliphatic rings. The summed E-state index contributed by atoms with van der Waals surface area (Å²) in [5.41, 5.74) is 12.7. The van der Waals surface area contributed by atoms with Crippen LogP contribution in [-0.2, 0) is 19.9 Å². The first-order valence-corrected chi connectivity index (χ1v) is 13.9. The lowest BCUT2D eigenvalue weighted by Gasteiger charge is -2.18. The van der Waals surface area contributed by atoms with E-state index in [1.54, 1.807) is 6.20 Å². The average Bonchev–Trinajstić information content (AvgIpc) is 3.73. The molecule has 1 saturated carbocycles. The molecule has 4 aromatic rings. The number of aryl methyl sites for hydroxylation is 2. The SMILES string of the molecule is CC(CCCN)Cc1c(CCCC(=N)c2ccnc(Nc3nn(C)c4ccccc34)c2)cncc1C1CC1. The third-order valence-electron chi connectivity index (χ3n) is 7.64. The smallest absolute Gasteiger partial charge is 0.161 e. The van der Waals surface area contributed by atoms with E-state index in [0.717, 1.165) is 54.5 Å². The van der Waals surface area contributed by atoms with E-state index < -0.39 is 0 Å². The number of nitrogens with two attached hydrogens (primary N) is 1. The minimum Gasteiger partial charge on any atom is -0.330 e. The van der Waals surface area contributed by atoms with Crippen molar-refractivity contribution in [1.29, 1.82) is 5.41 Å². The summed E-state index contributed by atoms with van der Waals surface area (Å²) in [4.78, 5) is 9.09. The van der Waals surface area contributed by atoms with E-state index in [4.69, 9.17) is 11.1 Å². The van der Waals surface area contributed by atoms with Gasteiger partial charge in [0.1, 0.15) is 5.82 Å². The highest BCUT2D eigenvalue weighted by atomic mass is 15.3. The number of benzene rings is 1. The fraction of sp³-hybridized carbons (Fsp3) is 0.419. The molecule has 7 heteroatoms. The van der Waals surface area contributed by atoms with Crippen LogP contribution in [0.4, 0.5) is 11.6 Å². The van der Waals surface area contributed by atoms with Crippen LogP contribution in [0.25, 0.3) is 10.9 Å². The monoisotopic (exact) mass is 509 g/mol. The maximum Gasteiger partial charge on any atom is 0.161 e. The minimum atomic E-state index is 0.620. The van der Waals surface area contributed by atoms with Crippen molar-refractivity contribution in [3.05, 3.63) is 77.2 Å². The van der Waals surface area contributed by atoms with Crippen LogP contribution in [0.3, 0.4) is 0 Å². The van der Waals surface area contributed by atoms with Crippen LogP contribution in [0.2, 0.25) is 0 Å².